The highest BCUT2D eigenvalue weighted by Crippen LogP contribution is 2.27. The standard InChI is InChI=1S/C15H16FNO2/c1-17-9-13-14(16)3-2-4-15(13)19-12-7-5-11(10-18)6-8-12/h2-8,17-18H,9-10H2,1H3. The van der Waals surface area contributed by atoms with Gasteiger partial charge in [-0.05, 0) is 36.9 Å². The first-order valence-corrected chi connectivity index (χ1v) is 6.04. The van der Waals surface area contributed by atoms with Gasteiger partial charge in [0.1, 0.15) is 17.3 Å². The molecule has 0 saturated heterocycles. The van der Waals surface area contributed by atoms with Gasteiger partial charge in [0.2, 0.25) is 0 Å². The summed E-state index contributed by atoms with van der Waals surface area (Å²) in [4.78, 5) is 0. The van der Waals surface area contributed by atoms with Gasteiger partial charge in [0.05, 0.1) is 6.61 Å². The molecule has 0 spiro atoms. The van der Waals surface area contributed by atoms with Crippen molar-refractivity contribution in [2.24, 2.45) is 0 Å². The Morgan fingerprint density at radius 1 is 1.16 bits per heavy atom. The maximum absolute atomic E-state index is 13.7. The van der Waals surface area contributed by atoms with Crippen molar-refractivity contribution in [1.82, 2.24) is 5.32 Å². The van der Waals surface area contributed by atoms with E-state index in [-0.39, 0.29) is 12.4 Å². The first-order chi connectivity index (χ1) is 9.24. The maximum atomic E-state index is 13.7. The van der Waals surface area contributed by atoms with E-state index in [2.05, 4.69) is 5.32 Å². The summed E-state index contributed by atoms with van der Waals surface area (Å²) in [7, 11) is 1.76. The molecule has 0 saturated carbocycles. The fourth-order valence-corrected chi connectivity index (χ4v) is 1.77. The van der Waals surface area contributed by atoms with Gasteiger partial charge in [-0.3, -0.25) is 0 Å². The third kappa shape index (κ3) is 3.30. The molecule has 2 aromatic carbocycles. The van der Waals surface area contributed by atoms with Crippen LogP contribution >= 0.6 is 0 Å². The van der Waals surface area contributed by atoms with E-state index in [0.29, 0.717) is 23.6 Å². The highest BCUT2D eigenvalue weighted by atomic mass is 19.1. The zero-order valence-corrected chi connectivity index (χ0v) is 10.7. The Labute approximate surface area is 111 Å². The van der Waals surface area contributed by atoms with Crippen LogP contribution in [-0.2, 0) is 13.2 Å². The lowest BCUT2D eigenvalue weighted by atomic mass is 10.2. The topological polar surface area (TPSA) is 41.5 Å². The normalized spacial score (nSPS) is 10.5. The van der Waals surface area contributed by atoms with E-state index in [1.165, 1.54) is 6.07 Å². The van der Waals surface area contributed by atoms with Gasteiger partial charge in [-0.1, -0.05) is 18.2 Å². The molecule has 100 valence electrons. The van der Waals surface area contributed by atoms with Crippen LogP contribution in [0.3, 0.4) is 0 Å². The van der Waals surface area contributed by atoms with Gasteiger partial charge in [0.25, 0.3) is 0 Å². The minimum Gasteiger partial charge on any atom is -0.457 e. The van der Waals surface area contributed by atoms with Crippen molar-refractivity contribution in [2.45, 2.75) is 13.2 Å². The summed E-state index contributed by atoms with van der Waals surface area (Å²) in [6, 6.07) is 11.8. The zero-order chi connectivity index (χ0) is 13.7. The number of benzene rings is 2. The number of nitrogens with one attached hydrogen (secondary N) is 1. The number of hydrogen-bond donors (Lipinski definition) is 2. The molecule has 0 radical (unpaired) electrons. The Hall–Kier alpha value is -1.91. The molecule has 0 amide bonds. The zero-order valence-electron chi connectivity index (χ0n) is 10.7. The summed E-state index contributed by atoms with van der Waals surface area (Å²) in [5, 5.41) is 11.9. The Morgan fingerprint density at radius 3 is 2.53 bits per heavy atom. The Bertz CT molecular complexity index is 540. The molecule has 0 aliphatic rings. The molecular formula is C15H16FNO2. The van der Waals surface area contributed by atoms with Crippen molar-refractivity contribution < 1.29 is 14.2 Å². The molecule has 0 aliphatic carbocycles. The molecule has 4 heteroatoms. The Balaban J connectivity index is 2.24. The van der Waals surface area contributed by atoms with Gasteiger partial charge in [0.15, 0.2) is 0 Å². The van der Waals surface area contributed by atoms with E-state index in [1.54, 1.807) is 43.4 Å². The first-order valence-electron chi connectivity index (χ1n) is 6.04. The quantitative estimate of drug-likeness (QED) is 0.869. The van der Waals surface area contributed by atoms with E-state index >= 15 is 0 Å². The third-order valence-electron chi connectivity index (χ3n) is 2.76. The molecule has 0 atom stereocenters. The summed E-state index contributed by atoms with van der Waals surface area (Å²) in [5.41, 5.74) is 1.30. The SMILES string of the molecule is CNCc1c(F)cccc1Oc1ccc(CO)cc1. The number of aliphatic hydroxyl groups is 1. The van der Waals surface area contributed by atoms with Crippen molar-refractivity contribution in [2.75, 3.05) is 7.05 Å². The molecule has 2 aromatic rings. The first kappa shape index (κ1) is 13.5. The fraction of sp³-hybridized carbons (Fsp3) is 0.200. The van der Waals surface area contributed by atoms with Gasteiger partial charge < -0.3 is 15.2 Å². The van der Waals surface area contributed by atoms with Crippen LogP contribution in [0.5, 0.6) is 11.5 Å². The monoisotopic (exact) mass is 261 g/mol. The number of ether oxygens (including phenoxy) is 1. The van der Waals surface area contributed by atoms with Gasteiger partial charge in [-0.2, -0.15) is 0 Å². The predicted octanol–water partition coefficient (Wildman–Crippen LogP) is 2.83. The smallest absolute Gasteiger partial charge is 0.134 e. The maximum Gasteiger partial charge on any atom is 0.134 e. The Morgan fingerprint density at radius 2 is 1.89 bits per heavy atom. The summed E-state index contributed by atoms with van der Waals surface area (Å²) in [6.07, 6.45) is 0. The average Bonchev–Trinajstić information content (AvgIpc) is 2.43. The van der Waals surface area contributed by atoms with Gasteiger partial charge >= 0.3 is 0 Å². The van der Waals surface area contributed by atoms with Gasteiger partial charge in [0, 0.05) is 12.1 Å². The molecule has 2 rings (SSSR count). The summed E-state index contributed by atoms with van der Waals surface area (Å²) >= 11 is 0. The molecule has 3 nitrogen and oxygen atoms in total. The van der Waals surface area contributed by atoms with Crippen LogP contribution in [0, 0.1) is 5.82 Å². The molecule has 2 N–H and O–H groups in total. The van der Waals surface area contributed by atoms with Crippen molar-refractivity contribution in [1.29, 1.82) is 0 Å². The number of aliphatic hydroxyl groups excluding tert-OH is 1. The number of halogens is 1. The average molecular weight is 261 g/mol. The second-order valence-corrected chi connectivity index (χ2v) is 4.15. The van der Waals surface area contributed by atoms with Crippen LogP contribution in [0.1, 0.15) is 11.1 Å². The van der Waals surface area contributed by atoms with Gasteiger partial charge in [-0.25, -0.2) is 4.39 Å². The van der Waals surface area contributed by atoms with Crippen molar-refractivity contribution in [3.05, 3.63) is 59.4 Å². The van der Waals surface area contributed by atoms with E-state index in [9.17, 15) is 4.39 Å². The van der Waals surface area contributed by atoms with Crippen LogP contribution < -0.4 is 10.1 Å². The molecule has 0 heterocycles. The second-order valence-electron chi connectivity index (χ2n) is 4.15. The van der Waals surface area contributed by atoms with Gasteiger partial charge in [-0.15, -0.1) is 0 Å². The molecule has 0 aliphatic heterocycles. The van der Waals surface area contributed by atoms with E-state index in [1.807, 2.05) is 0 Å². The highest BCUT2D eigenvalue weighted by molar-refractivity contribution is 5.39. The van der Waals surface area contributed by atoms with Crippen molar-refractivity contribution in [3.8, 4) is 11.5 Å². The van der Waals surface area contributed by atoms with Crippen LogP contribution in [-0.4, -0.2) is 12.2 Å². The van der Waals surface area contributed by atoms with Crippen molar-refractivity contribution in [3.63, 3.8) is 0 Å². The molecular weight excluding hydrogens is 245 g/mol. The minimum absolute atomic E-state index is 0.00868. The lowest BCUT2D eigenvalue weighted by Gasteiger charge is -2.12. The number of rotatable bonds is 5. The van der Waals surface area contributed by atoms with Crippen molar-refractivity contribution >= 4 is 0 Å². The lowest BCUT2D eigenvalue weighted by molar-refractivity contribution is 0.281. The van der Waals surface area contributed by atoms with E-state index < -0.39 is 0 Å². The summed E-state index contributed by atoms with van der Waals surface area (Å²) in [5.74, 6) is 0.810. The predicted molar refractivity (Wildman–Crippen MR) is 71.6 cm³/mol. The molecule has 0 unspecified atom stereocenters. The molecule has 0 bridgehead atoms. The van der Waals surface area contributed by atoms with Crippen LogP contribution in [0.4, 0.5) is 4.39 Å². The second kappa shape index (κ2) is 6.31. The van der Waals surface area contributed by atoms with Crippen LogP contribution in [0.15, 0.2) is 42.5 Å². The summed E-state index contributed by atoms with van der Waals surface area (Å²) < 4.78 is 19.4. The Kier molecular flexibility index (Phi) is 4.49. The molecule has 0 fully saturated rings. The molecule has 0 aromatic heterocycles. The molecule has 19 heavy (non-hydrogen) atoms. The van der Waals surface area contributed by atoms with E-state index in [0.717, 1.165) is 5.56 Å². The third-order valence-corrected chi connectivity index (χ3v) is 2.76. The minimum atomic E-state index is -0.293. The highest BCUT2D eigenvalue weighted by Gasteiger charge is 2.09. The van der Waals surface area contributed by atoms with E-state index in [4.69, 9.17) is 9.84 Å². The number of hydrogen-bond acceptors (Lipinski definition) is 3. The largest absolute Gasteiger partial charge is 0.457 e. The fourth-order valence-electron chi connectivity index (χ4n) is 1.77. The van der Waals surface area contributed by atoms with Crippen LogP contribution in [0.25, 0.3) is 0 Å². The van der Waals surface area contributed by atoms with Crippen LogP contribution in [0.2, 0.25) is 0 Å². The lowest BCUT2D eigenvalue weighted by Crippen LogP contribution is -2.08. The summed E-state index contributed by atoms with van der Waals surface area (Å²) in [6.45, 7) is 0.391.